The molecule has 0 radical (unpaired) electrons. The van der Waals surface area contributed by atoms with Crippen LogP contribution in [0.1, 0.15) is 43.4 Å². The molecule has 6 aromatic carbocycles. The molecule has 6 aromatic rings. The molecule has 45 heavy (non-hydrogen) atoms. The summed E-state index contributed by atoms with van der Waals surface area (Å²) in [7, 11) is 17.3. The molecule has 0 nitrogen and oxygen atoms in total. The van der Waals surface area contributed by atoms with Gasteiger partial charge in [-0.25, -0.2) is 0 Å². The zero-order valence-corrected chi connectivity index (χ0v) is 31.3. The maximum atomic E-state index is 8.65. The first-order valence-corrected chi connectivity index (χ1v) is 32.5. The van der Waals surface area contributed by atoms with Crippen molar-refractivity contribution in [3.8, 4) is 22.3 Å². The van der Waals surface area contributed by atoms with E-state index in [4.69, 9.17) is 17.0 Å². The minimum absolute atomic E-state index is 0.0573. The molecule has 2 aliphatic carbocycles. The van der Waals surface area contributed by atoms with Crippen LogP contribution >= 0.6 is 17.0 Å². The number of fused-ring (bicyclic) bond motifs is 6. The molecule has 0 aromatic heterocycles. The van der Waals surface area contributed by atoms with Gasteiger partial charge in [-0.05, 0) is 0 Å². The van der Waals surface area contributed by atoms with E-state index >= 15 is 0 Å². The van der Waals surface area contributed by atoms with Crippen molar-refractivity contribution in [2.45, 2.75) is 34.2 Å². The van der Waals surface area contributed by atoms with E-state index in [0.29, 0.717) is 5.92 Å². The SMILES string of the molecule is CC(C)C1=Cc2c(-c3c4ccccc4cc4ccccc34)cccc2[CH]1[Zr]([Cl])([Cl])([CH]1c2ccccc2-c2ccccc21)[SiH](C)C. The van der Waals surface area contributed by atoms with Crippen LogP contribution in [0.15, 0.2) is 127 Å². The number of halogens is 2. The van der Waals surface area contributed by atoms with Gasteiger partial charge in [0.2, 0.25) is 0 Å². The summed E-state index contributed by atoms with van der Waals surface area (Å²) in [4.78, 5) is 0. The van der Waals surface area contributed by atoms with E-state index in [1.165, 1.54) is 71.6 Å². The molecule has 2 aliphatic rings. The molecule has 0 aliphatic heterocycles. The van der Waals surface area contributed by atoms with E-state index in [-0.39, 0.29) is 7.25 Å². The fourth-order valence-electron chi connectivity index (χ4n) is 8.65. The molecule has 0 bridgehead atoms. The predicted molar refractivity (Wildman–Crippen MR) is 197 cm³/mol. The Morgan fingerprint density at radius 1 is 0.578 bits per heavy atom. The topological polar surface area (TPSA) is 0 Å². The Kier molecular flexibility index (Phi) is 7.01. The summed E-state index contributed by atoms with van der Waals surface area (Å²) in [6.45, 7) is 9.54. The van der Waals surface area contributed by atoms with Gasteiger partial charge >= 0.3 is 278 Å². The van der Waals surface area contributed by atoms with Crippen molar-refractivity contribution in [2.75, 3.05) is 0 Å². The van der Waals surface area contributed by atoms with Crippen molar-refractivity contribution < 1.29 is 15.6 Å². The number of hydrogen-bond acceptors (Lipinski definition) is 0. The summed E-state index contributed by atoms with van der Waals surface area (Å²) in [5, 5.41) is 5.09. The van der Waals surface area contributed by atoms with Crippen molar-refractivity contribution in [1.29, 1.82) is 0 Å². The summed E-state index contributed by atoms with van der Waals surface area (Å²) in [5.74, 6) is -1.32. The molecule has 1 atom stereocenters. The summed E-state index contributed by atoms with van der Waals surface area (Å²) in [6.07, 6.45) is 2.50. The fraction of sp³-hybridized carbons (Fsp3) is 0.171. The Labute approximate surface area is 275 Å². The molecule has 0 saturated carbocycles. The third kappa shape index (κ3) is 4.19. The van der Waals surface area contributed by atoms with Gasteiger partial charge in [0.15, 0.2) is 0 Å². The van der Waals surface area contributed by atoms with E-state index in [1.807, 2.05) is 0 Å². The third-order valence-corrected chi connectivity index (χ3v) is 62.5. The Bertz CT molecular complexity index is 2090. The molecule has 0 N–H and O–H groups in total. The van der Waals surface area contributed by atoms with Crippen molar-refractivity contribution in [3.05, 3.63) is 149 Å². The van der Waals surface area contributed by atoms with Gasteiger partial charge < -0.3 is 0 Å². The van der Waals surface area contributed by atoms with Crippen LogP contribution in [0, 0.1) is 5.92 Å². The molecule has 223 valence electrons. The molecule has 0 fully saturated rings. The number of benzene rings is 6. The molecule has 1 unspecified atom stereocenters. The van der Waals surface area contributed by atoms with Gasteiger partial charge in [0.25, 0.3) is 0 Å². The van der Waals surface area contributed by atoms with Gasteiger partial charge in [-0.15, -0.1) is 0 Å². The van der Waals surface area contributed by atoms with E-state index in [0.717, 1.165) is 0 Å². The first-order chi connectivity index (χ1) is 21.7. The number of hydrogen-bond donors (Lipinski definition) is 0. The van der Waals surface area contributed by atoms with Crippen LogP contribution in [0.3, 0.4) is 0 Å². The van der Waals surface area contributed by atoms with Crippen LogP contribution in [0.25, 0.3) is 49.9 Å². The summed E-state index contributed by atoms with van der Waals surface area (Å²) < 4.78 is 0.121. The summed E-state index contributed by atoms with van der Waals surface area (Å²) in [5.41, 5.74) is 11.9. The summed E-state index contributed by atoms with van der Waals surface area (Å²) in [6, 6.07) is 44.7. The van der Waals surface area contributed by atoms with Crippen molar-refractivity contribution >= 4 is 50.6 Å². The molecular weight excluding hydrogens is 683 g/mol. The van der Waals surface area contributed by atoms with Gasteiger partial charge in [-0.2, -0.15) is 0 Å². The molecule has 0 spiro atoms. The Morgan fingerprint density at radius 2 is 1.07 bits per heavy atom. The van der Waals surface area contributed by atoms with E-state index in [1.54, 1.807) is 0 Å². The van der Waals surface area contributed by atoms with Crippen molar-refractivity contribution in [1.82, 2.24) is 0 Å². The first-order valence-electron chi connectivity index (χ1n) is 16.2. The third-order valence-electron chi connectivity index (χ3n) is 10.8. The second-order valence-corrected chi connectivity index (χ2v) is 56.2. The number of allylic oxidation sites excluding steroid dienone is 1. The standard InChI is InChI=1S/C26H21.C13H9.C2H7Si.2ClH.Zr/c1-17(2)21-15-20-10-7-13-24(25(20)16-21)26-22-11-5-3-8-18(22)14-19-9-4-6-12-23(19)26;1-3-7-12-10(5-1)9-11-6-2-4-8-13(11)12;1-3-2;;;/h3-17H,1-2H3;1-9H;3H,1-2H3;2*1H;/q;;;;;+2/p-2. The van der Waals surface area contributed by atoms with Crippen LogP contribution in [0.5, 0.6) is 0 Å². The molecule has 0 heterocycles. The van der Waals surface area contributed by atoms with Crippen LogP contribution < -0.4 is 0 Å². The van der Waals surface area contributed by atoms with Crippen molar-refractivity contribution in [3.63, 3.8) is 0 Å². The average Bonchev–Trinajstić information content (AvgIpc) is 3.62. The van der Waals surface area contributed by atoms with Gasteiger partial charge in [0, 0.05) is 0 Å². The first kappa shape index (κ1) is 29.6. The predicted octanol–water partition coefficient (Wildman–Crippen LogP) is 12.5. The monoisotopic (exact) mass is 717 g/mol. The second kappa shape index (κ2) is 10.6. The van der Waals surface area contributed by atoms with Crippen LogP contribution in [0.2, 0.25) is 13.1 Å². The number of rotatable bonds is 5. The van der Waals surface area contributed by atoms with Gasteiger partial charge in [-0.1, -0.05) is 0 Å². The maximum absolute atomic E-state index is 8.65. The van der Waals surface area contributed by atoms with Crippen LogP contribution in [0.4, 0.5) is 0 Å². The van der Waals surface area contributed by atoms with Gasteiger partial charge in [0.1, 0.15) is 0 Å². The van der Waals surface area contributed by atoms with E-state index in [9.17, 15) is 0 Å². The zero-order chi connectivity index (χ0) is 31.1. The quantitative estimate of drug-likeness (QED) is 0.123. The van der Waals surface area contributed by atoms with Crippen molar-refractivity contribution in [2.24, 2.45) is 5.92 Å². The van der Waals surface area contributed by atoms with E-state index in [2.05, 4.69) is 154 Å². The van der Waals surface area contributed by atoms with Gasteiger partial charge in [-0.3, -0.25) is 0 Å². The second-order valence-electron chi connectivity index (χ2n) is 13.7. The van der Waals surface area contributed by atoms with Crippen LogP contribution in [-0.4, -0.2) is 5.92 Å². The Hall–Kier alpha value is -2.74. The normalized spacial score (nSPS) is 16.9. The molecule has 0 saturated heterocycles. The summed E-state index contributed by atoms with van der Waals surface area (Å²) >= 11 is -4.86. The molecule has 8 rings (SSSR count). The molecule has 0 amide bonds. The van der Waals surface area contributed by atoms with Crippen LogP contribution in [-0.2, 0) is 15.6 Å². The molecular formula is C41H37Cl2SiZr. The molecule has 4 heteroatoms. The van der Waals surface area contributed by atoms with Gasteiger partial charge in [0.05, 0.1) is 0 Å². The Balaban J connectivity index is 1.44. The average molecular weight is 720 g/mol. The zero-order valence-electron chi connectivity index (χ0n) is 26.2. The minimum atomic E-state index is -4.86. The van der Waals surface area contributed by atoms with E-state index < -0.39 is 21.5 Å². The fourth-order valence-corrected chi connectivity index (χ4v) is 39.4. The Morgan fingerprint density at radius 3 is 1.62 bits per heavy atom.